The van der Waals surface area contributed by atoms with Crippen molar-refractivity contribution in [3.05, 3.63) is 191 Å². The van der Waals surface area contributed by atoms with Gasteiger partial charge >= 0.3 is 35.0 Å². The minimum absolute atomic E-state index is 0.0250. The average molecular weight is 1080 g/mol. The molecule has 1 atom stereocenters. The maximum absolute atomic E-state index is 14.6. The average Bonchev–Trinajstić information content (AvgIpc) is 3.59. The lowest BCUT2D eigenvalue weighted by molar-refractivity contribution is 0.0589. The van der Waals surface area contributed by atoms with Crippen LogP contribution in [0.3, 0.4) is 0 Å². The summed E-state index contributed by atoms with van der Waals surface area (Å²) in [5, 5.41) is 2.58. The first-order chi connectivity index (χ1) is 38.2. The number of anilines is 2. The Morgan fingerprint density at radius 2 is 1.00 bits per heavy atom. The van der Waals surface area contributed by atoms with E-state index in [4.69, 9.17) is 32.1 Å². The molecule has 402 valence electrons. The van der Waals surface area contributed by atoms with Crippen LogP contribution in [0.15, 0.2) is 152 Å². The van der Waals surface area contributed by atoms with Gasteiger partial charge < -0.3 is 32.1 Å². The van der Waals surface area contributed by atoms with Crippen molar-refractivity contribution in [2.45, 2.75) is 105 Å². The van der Waals surface area contributed by atoms with Crippen LogP contribution in [0.2, 0.25) is 0 Å². The molecule has 11 nitrogen and oxygen atoms in total. The number of aryl methyl sites for hydroxylation is 4. The fourth-order valence-corrected chi connectivity index (χ4v) is 12.4. The molecule has 0 amide bonds. The molecule has 8 aromatic rings. The van der Waals surface area contributed by atoms with Crippen LogP contribution in [0, 0.1) is 0 Å². The molecular weight excluding hydrogens is 1020 g/mol. The molecule has 1 heterocycles. The first-order valence-electron chi connectivity index (χ1n) is 27.2. The van der Waals surface area contributed by atoms with Crippen molar-refractivity contribution in [2.75, 3.05) is 18.9 Å². The lowest BCUT2D eigenvalue weighted by Gasteiger charge is -2.35. The number of methoxy groups -OCH3 is 2. The van der Waals surface area contributed by atoms with Crippen LogP contribution in [0.25, 0.3) is 32.7 Å². The molecule has 8 aromatic carbocycles. The Kier molecular flexibility index (Phi) is 18.6. The fraction of sp³-hybridized carbons (Fsp3) is 0.277. The molecule has 0 aromatic heterocycles. The number of rotatable bonds is 24. The summed E-state index contributed by atoms with van der Waals surface area (Å²) in [6.45, 7) is 8.73. The Labute approximate surface area is 460 Å². The van der Waals surface area contributed by atoms with Crippen molar-refractivity contribution in [2.24, 2.45) is 0 Å². The zero-order valence-corrected chi connectivity index (χ0v) is 47.1. The summed E-state index contributed by atoms with van der Waals surface area (Å²) in [4.78, 5) is 43.2. The van der Waals surface area contributed by atoms with Crippen molar-refractivity contribution < 1.29 is 46.5 Å². The van der Waals surface area contributed by atoms with Crippen molar-refractivity contribution in [3.8, 4) is 34.1 Å². The van der Waals surface area contributed by atoms with Crippen LogP contribution in [0.1, 0.15) is 132 Å². The number of nitrogens with zero attached hydrogens (tertiary/aromatic N) is 1. The van der Waals surface area contributed by atoms with Crippen molar-refractivity contribution in [3.63, 3.8) is 0 Å². The zero-order chi connectivity index (χ0) is 54.5. The second-order valence-corrected chi connectivity index (χ2v) is 21.6. The molecule has 0 fully saturated rings. The summed E-state index contributed by atoms with van der Waals surface area (Å²) in [7, 11) is -2.26. The summed E-state index contributed by atoms with van der Waals surface area (Å²) >= 11 is 0. The van der Waals surface area contributed by atoms with E-state index in [2.05, 4.69) is 52.0 Å². The number of carbonyl (C=O) groups is 3. The Balaban J connectivity index is 1.32. The summed E-state index contributed by atoms with van der Waals surface area (Å²) in [6, 6.07) is 48.0. The molecule has 0 bridgehead atoms. The van der Waals surface area contributed by atoms with Crippen LogP contribution in [0.4, 0.5) is 11.4 Å². The standard InChI is InChI=1S/C65H67NO10P2/c1-7-11-24-44-36-38-57(48(40-44)26-13-9-3)72-78(73-58-39-37-45(25-12-8-2)41-49(58)27-14-10-4)75-62-55(64(68)71-6)43-47-29-19-21-33-52(47)60(62)59-51-32-20-18-28-46(51)42-54(63(67)70-5)61(59)74-77-66(50-30-16-15-17-31-50)56-35-23-22-34-53(56)65(69)76-77/h15-23,28-43H,7-14,24-27H2,1-6H3. The topological polar surface area (TPSA) is 119 Å². The number of hydrogen-bond donors (Lipinski definition) is 0. The van der Waals surface area contributed by atoms with Crippen LogP contribution < -0.4 is 22.8 Å². The molecule has 0 radical (unpaired) electrons. The largest absolute Gasteiger partial charge is 0.530 e. The molecular formula is C65H67NO10P2. The molecule has 0 N–H and O–H groups in total. The Morgan fingerprint density at radius 1 is 0.526 bits per heavy atom. The molecule has 78 heavy (non-hydrogen) atoms. The van der Waals surface area contributed by atoms with E-state index >= 15 is 0 Å². The highest BCUT2D eigenvalue weighted by atomic mass is 31.2. The van der Waals surface area contributed by atoms with E-state index in [9.17, 15) is 14.4 Å². The third-order valence-electron chi connectivity index (χ3n) is 13.9. The lowest BCUT2D eigenvalue weighted by atomic mass is 9.89. The highest BCUT2D eigenvalue weighted by molar-refractivity contribution is 7.51. The van der Waals surface area contributed by atoms with E-state index in [0.29, 0.717) is 61.1 Å². The number of benzene rings is 8. The molecule has 0 spiro atoms. The molecule has 0 aliphatic carbocycles. The number of ether oxygens (including phenoxy) is 2. The Morgan fingerprint density at radius 3 is 1.54 bits per heavy atom. The van der Waals surface area contributed by atoms with Crippen LogP contribution in [-0.2, 0) is 39.7 Å². The monoisotopic (exact) mass is 1080 g/mol. The van der Waals surface area contributed by atoms with Crippen LogP contribution in [0.5, 0.6) is 23.0 Å². The molecule has 13 heteroatoms. The van der Waals surface area contributed by atoms with Gasteiger partial charge in [0.25, 0.3) is 0 Å². The third-order valence-corrected chi connectivity index (χ3v) is 16.4. The van der Waals surface area contributed by atoms with E-state index in [0.717, 1.165) is 88.2 Å². The molecule has 1 unspecified atom stereocenters. The smallest absolute Gasteiger partial charge is 0.465 e. The number of fused-ring (bicyclic) bond motifs is 3. The summed E-state index contributed by atoms with van der Waals surface area (Å²) in [5.74, 6) is -0.692. The number of hydrogen-bond acceptors (Lipinski definition) is 11. The second-order valence-electron chi connectivity index (χ2n) is 19.4. The first kappa shape index (κ1) is 55.3. The van der Waals surface area contributed by atoms with Gasteiger partial charge in [0.05, 0.1) is 31.2 Å². The fourth-order valence-electron chi connectivity index (χ4n) is 9.82. The quantitative estimate of drug-likeness (QED) is 0.0425. The van der Waals surface area contributed by atoms with Gasteiger partial charge in [0.2, 0.25) is 0 Å². The van der Waals surface area contributed by atoms with Gasteiger partial charge in [-0.3, -0.25) is 4.67 Å². The maximum Gasteiger partial charge on any atom is 0.530 e. The van der Waals surface area contributed by atoms with E-state index in [-0.39, 0.29) is 22.6 Å². The van der Waals surface area contributed by atoms with E-state index in [1.54, 1.807) is 24.3 Å². The molecule has 9 rings (SSSR count). The van der Waals surface area contributed by atoms with Gasteiger partial charge in [0.15, 0.2) is 11.5 Å². The summed E-state index contributed by atoms with van der Waals surface area (Å²) < 4.78 is 48.3. The van der Waals surface area contributed by atoms with Gasteiger partial charge in [-0.25, -0.2) is 14.4 Å². The SMILES string of the molecule is CCCCc1ccc(OP(Oc2ccc(CCCC)cc2CCCC)Oc2c(C(=O)OC)cc3ccccc3c2-c2c(OP3OC(=O)c4ccccc4N3c3ccccc3)c(C(=O)OC)cc3ccccc23)c(CCCC)c1. The van der Waals surface area contributed by atoms with Crippen molar-refractivity contribution in [1.29, 1.82) is 0 Å². The highest BCUT2D eigenvalue weighted by Gasteiger charge is 2.41. The molecule has 1 aliphatic heterocycles. The zero-order valence-electron chi connectivity index (χ0n) is 45.3. The number of unbranched alkanes of at least 4 members (excludes halogenated alkanes) is 4. The predicted octanol–water partition coefficient (Wildman–Crippen LogP) is 18.0. The van der Waals surface area contributed by atoms with Gasteiger partial charge in [-0.15, -0.1) is 0 Å². The Bertz CT molecular complexity index is 3350. The number of esters is 2. The Hall–Kier alpha value is -7.45. The van der Waals surface area contributed by atoms with E-state index < -0.39 is 35.0 Å². The van der Waals surface area contributed by atoms with Crippen molar-refractivity contribution in [1.82, 2.24) is 0 Å². The summed E-state index contributed by atoms with van der Waals surface area (Å²) in [6.07, 6.45) is 11.5. The lowest BCUT2D eigenvalue weighted by Crippen LogP contribution is -2.25. The minimum Gasteiger partial charge on any atom is -0.465 e. The molecule has 1 aliphatic rings. The van der Waals surface area contributed by atoms with Gasteiger partial charge in [-0.2, -0.15) is 0 Å². The van der Waals surface area contributed by atoms with Crippen LogP contribution >= 0.6 is 17.1 Å². The van der Waals surface area contributed by atoms with Gasteiger partial charge in [-0.05, 0) is 144 Å². The molecule has 0 saturated carbocycles. The first-order valence-corrected chi connectivity index (χ1v) is 29.4. The van der Waals surface area contributed by atoms with Gasteiger partial charge in [0.1, 0.15) is 22.6 Å². The van der Waals surface area contributed by atoms with Gasteiger partial charge in [0, 0.05) is 11.1 Å². The highest BCUT2D eigenvalue weighted by Crippen LogP contribution is 2.60. The molecule has 0 saturated heterocycles. The van der Waals surface area contributed by atoms with Crippen molar-refractivity contribution >= 4 is 68.0 Å². The number of para-hydroxylation sites is 2. The predicted molar refractivity (Wildman–Crippen MR) is 314 cm³/mol. The van der Waals surface area contributed by atoms with Gasteiger partial charge in [-0.1, -0.05) is 157 Å². The minimum atomic E-state index is -2.48. The number of carbonyl (C=O) groups excluding carboxylic acids is 3. The summed E-state index contributed by atoms with van der Waals surface area (Å²) in [5.41, 5.74) is 6.93. The van der Waals surface area contributed by atoms with E-state index in [1.807, 2.05) is 108 Å². The third kappa shape index (κ3) is 12.3. The van der Waals surface area contributed by atoms with E-state index in [1.165, 1.54) is 25.3 Å². The normalized spacial score (nSPS) is 13.0. The second kappa shape index (κ2) is 26.3. The van der Waals surface area contributed by atoms with Crippen LogP contribution in [-0.4, -0.2) is 32.1 Å². The maximum atomic E-state index is 14.6.